The molecule has 2 amide bonds. The monoisotopic (exact) mass is 337 g/mol. The van der Waals surface area contributed by atoms with Crippen molar-refractivity contribution in [2.45, 2.75) is 18.9 Å². The summed E-state index contributed by atoms with van der Waals surface area (Å²) in [6, 6.07) is 7.18. The number of nitrogens with one attached hydrogen (secondary N) is 1. The molecule has 124 valence electrons. The van der Waals surface area contributed by atoms with Gasteiger partial charge in [-0.15, -0.1) is 0 Å². The Morgan fingerprint density at radius 1 is 1.39 bits per heavy atom. The summed E-state index contributed by atoms with van der Waals surface area (Å²) in [6.07, 6.45) is 1.95. The minimum Gasteiger partial charge on any atom is -0.497 e. The van der Waals surface area contributed by atoms with Crippen LogP contribution in [0, 0.1) is 0 Å². The molecule has 0 aliphatic carbocycles. The van der Waals surface area contributed by atoms with Crippen LogP contribution in [0.25, 0.3) is 0 Å². The molecule has 8 heteroatoms. The van der Waals surface area contributed by atoms with Gasteiger partial charge in [0.2, 0.25) is 5.91 Å². The highest BCUT2D eigenvalue weighted by Crippen LogP contribution is 2.27. The van der Waals surface area contributed by atoms with Crippen molar-refractivity contribution in [3.63, 3.8) is 0 Å². The second-order valence-electron chi connectivity index (χ2n) is 4.94. The molecule has 1 heterocycles. The minimum absolute atomic E-state index is 0.0871. The number of aliphatic imine (C=N–C) groups is 1. The summed E-state index contributed by atoms with van der Waals surface area (Å²) in [5.41, 5.74) is 0.935. The van der Waals surface area contributed by atoms with E-state index in [0.29, 0.717) is 6.42 Å². The van der Waals surface area contributed by atoms with Crippen LogP contribution >= 0.6 is 11.8 Å². The maximum atomic E-state index is 12.4. The Hall–Kier alpha value is -2.22. The average Bonchev–Trinajstić information content (AvgIpc) is 3.03. The van der Waals surface area contributed by atoms with Crippen LogP contribution in [0.4, 0.5) is 10.5 Å². The average molecular weight is 337 g/mol. The van der Waals surface area contributed by atoms with Crippen LogP contribution in [0.1, 0.15) is 12.8 Å². The van der Waals surface area contributed by atoms with Crippen LogP contribution in [0.3, 0.4) is 0 Å². The summed E-state index contributed by atoms with van der Waals surface area (Å²) in [5.74, 6) is 0.514. The van der Waals surface area contributed by atoms with E-state index in [4.69, 9.17) is 9.84 Å². The van der Waals surface area contributed by atoms with Crippen molar-refractivity contribution in [2.24, 2.45) is 4.99 Å². The molecule has 23 heavy (non-hydrogen) atoms. The van der Waals surface area contributed by atoms with Crippen LogP contribution in [0.5, 0.6) is 5.75 Å². The summed E-state index contributed by atoms with van der Waals surface area (Å²) >= 11 is 1.09. The molecule has 1 atom stereocenters. The van der Waals surface area contributed by atoms with Crippen LogP contribution in [0.15, 0.2) is 29.3 Å². The van der Waals surface area contributed by atoms with E-state index >= 15 is 0 Å². The van der Waals surface area contributed by atoms with E-state index in [1.807, 2.05) is 29.2 Å². The fraction of sp³-hybridized carbons (Fsp3) is 0.400. The number of hydrogen-bond acceptors (Lipinski definition) is 5. The van der Waals surface area contributed by atoms with Gasteiger partial charge < -0.3 is 20.1 Å². The predicted octanol–water partition coefficient (Wildman–Crippen LogP) is 2.18. The quantitative estimate of drug-likeness (QED) is 0.649. The van der Waals surface area contributed by atoms with Gasteiger partial charge in [-0.05, 0) is 43.4 Å². The number of nitrogens with zero attached hydrogens (tertiary/aromatic N) is 2. The van der Waals surface area contributed by atoms with E-state index in [0.717, 1.165) is 36.2 Å². The topological polar surface area (TPSA) is 91.2 Å². The number of amides is 2. The van der Waals surface area contributed by atoms with Gasteiger partial charge in [-0.25, -0.2) is 4.79 Å². The molecule has 1 aromatic carbocycles. The third kappa shape index (κ3) is 4.38. The van der Waals surface area contributed by atoms with Crippen LogP contribution in [-0.2, 0) is 4.79 Å². The molecule has 1 aromatic rings. The lowest BCUT2D eigenvalue weighted by Gasteiger charge is -2.26. The Balaban J connectivity index is 2.10. The molecule has 0 aromatic heterocycles. The van der Waals surface area contributed by atoms with Crippen LogP contribution < -0.4 is 15.0 Å². The van der Waals surface area contributed by atoms with E-state index in [1.54, 1.807) is 13.4 Å². The molecular formula is C15H19N3O4S. The lowest BCUT2D eigenvalue weighted by atomic mass is 10.2. The maximum Gasteiger partial charge on any atom is 0.433 e. The van der Waals surface area contributed by atoms with Gasteiger partial charge in [0.25, 0.3) is 0 Å². The second kappa shape index (κ2) is 7.87. The van der Waals surface area contributed by atoms with Gasteiger partial charge in [0, 0.05) is 12.2 Å². The smallest absolute Gasteiger partial charge is 0.433 e. The standard InChI is InChI=1S/C15H19N3O4S/c1-22-11-7-5-10(6-8-11)18-9-3-4-12(18)13(19)16-14(23-2)17-15(20)21/h5-8,12H,3-4,9H2,1-2H3,(H,20,21)(H,16,17,19). The Morgan fingerprint density at radius 2 is 2.09 bits per heavy atom. The number of hydrogen-bond donors (Lipinski definition) is 2. The van der Waals surface area contributed by atoms with E-state index in [9.17, 15) is 9.59 Å². The molecule has 0 bridgehead atoms. The van der Waals surface area contributed by atoms with Gasteiger partial charge in [0.1, 0.15) is 11.8 Å². The van der Waals surface area contributed by atoms with Crippen molar-refractivity contribution in [3.8, 4) is 5.75 Å². The highest BCUT2D eigenvalue weighted by Gasteiger charge is 2.31. The predicted molar refractivity (Wildman–Crippen MR) is 90.5 cm³/mol. The number of carbonyl (C=O) groups is 2. The zero-order valence-corrected chi connectivity index (χ0v) is 13.8. The molecule has 1 aliphatic heterocycles. The highest BCUT2D eigenvalue weighted by molar-refractivity contribution is 8.13. The molecule has 0 spiro atoms. The summed E-state index contributed by atoms with van der Waals surface area (Å²) in [6.45, 7) is 0.773. The fourth-order valence-corrected chi connectivity index (χ4v) is 2.89. The molecule has 2 rings (SSSR count). The van der Waals surface area contributed by atoms with E-state index in [-0.39, 0.29) is 17.1 Å². The molecule has 1 fully saturated rings. The Kier molecular flexibility index (Phi) is 5.86. The van der Waals surface area contributed by atoms with Gasteiger partial charge in [-0.2, -0.15) is 4.99 Å². The number of carbonyl (C=O) groups excluding carboxylic acids is 1. The zero-order valence-electron chi connectivity index (χ0n) is 13.0. The number of amidine groups is 1. The van der Waals surface area contributed by atoms with Crippen LogP contribution in [-0.4, -0.2) is 48.2 Å². The van der Waals surface area contributed by atoms with E-state index in [1.165, 1.54) is 0 Å². The largest absolute Gasteiger partial charge is 0.497 e. The molecule has 0 saturated carbocycles. The minimum atomic E-state index is -1.33. The second-order valence-corrected chi connectivity index (χ2v) is 5.74. The molecule has 1 saturated heterocycles. The molecule has 1 unspecified atom stereocenters. The number of thioether (sulfide) groups is 1. The number of methoxy groups -OCH3 is 1. The first-order valence-electron chi connectivity index (χ1n) is 7.12. The number of benzene rings is 1. The first-order valence-corrected chi connectivity index (χ1v) is 8.34. The van der Waals surface area contributed by atoms with Gasteiger partial charge in [-0.1, -0.05) is 11.8 Å². The highest BCUT2D eigenvalue weighted by atomic mass is 32.2. The van der Waals surface area contributed by atoms with Crippen LogP contribution in [0.2, 0.25) is 0 Å². The Morgan fingerprint density at radius 3 is 2.65 bits per heavy atom. The third-order valence-corrected chi connectivity index (χ3v) is 4.16. The normalized spacial score (nSPS) is 17.9. The van der Waals surface area contributed by atoms with Gasteiger partial charge in [0.15, 0.2) is 5.17 Å². The van der Waals surface area contributed by atoms with Gasteiger partial charge >= 0.3 is 6.09 Å². The summed E-state index contributed by atoms with van der Waals surface area (Å²) in [4.78, 5) is 28.4. The van der Waals surface area contributed by atoms with E-state index in [2.05, 4.69) is 10.3 Å². The van der Waals surface area contributed by atoms with Gasteiger partial charge in [0.05, 0.1) is 7.11 Å². The van der Waals surface area contributed by atoms with Crippen molar-refractivity contribution < 1.29 is 19.4 Å². The summed E-state index contributed by atoms with van der Waals surface area (Å²) in [7, 11) is 1.60. The lowest BCUT2D eigenvalue weighted by molar-refractivity contribution is -0.120. The number of ether oxygens (including phenoxy) is 1. The van der Waals surface area contributed by atoms with Crippen molar-refractivity contribution in [3.05, 3.63) is 24.3 Å². The fourth-order valence-electron chi connectivity index (χ4n) is 2.52. The lowest BCUT2D eigenvalue weighted by Crippen LogP contribution is -2.45. The third-order valence-electron chi connectivity index (χ3n) is 3.58. The molecule has 2 N–H and O–H groups in total. The zero-order chi connectivity index (χ0) is 16.8. The Labute approximate surface area is 138 Å². The van der Waals surface area contributed by atoms with Crippen molar-refractivity contribution in [1.29, 1.82) is 0 Å². The first kappa shape index (κ1) is 17.1. The van der Waals surface area contributed by atoms with Crippen molar-refractivity contribution in [1.82, 2.24) is 5.32 Å². The Bertz CT molecular complexity index is 603. The molecule has 7 nitrogen and oxygen atoms in total. The number of anilines is 1. The number of rotatable bonds is 3. The first-order chi connectivity index (χ1) is 11.0. The summed E-state index contributed by atoms with van der Waals surface area (Å²) in [5, 5.41) is 11.4. The van der Waals surface area contributed by atoms with E-state index < -0.39 is 6.09 Å². The summed E-state index contributed by atoms with van der Waals surface area (Å²) < 4.78 is 5.14. The maximum absolute atomic E-state index is 12.4. The SMILES string of the molecule is COc1ccc(N2CCCC2C(=O)NC(=NC(=O)O)SC)cc1. The molecule has 1 aliphatic rings. The van der Waals surface area contributed by atoms with Crippen molar-refractivity contribution >= 4 is 34.6 Å². The molecule has 0 radical (unpaired) electrons. The molecular weight excluding hydrogens is 318 g/mol. The van der Waals surface area contributed by atoms with Crippen molar-refractivity contribution in [2.75, 3.05) is 24.8 Å². The van der Waals surface area contributed by atoms with Gasteiger partial charge in [-0.3, -0.25) is 4.79 Å². The number of carboxylic acid groups (broad SMARTS) is 1.